The largest absolute Gasteiger partial charge is 0.493 e. The zero-order valence-electron chi connectivity index (χ0n) is 27.8. The van der Waals surface area contributed by atoms with Crippen molar-refractivity contribution in [1.29, 1.82) is 0 Å². The lowest BCUT2D eigenvalue weighted by Crippen LogP contribution is -2.28. The molecule has 0 fully saturated rings. The van der Waals surface area contributed by atoms with Gasteiger partial charge in [-0.1, -0.05) is 24.8 Å². The summed E-state index contributed by atoms with van der Waals surface area (Å²) in [6.07, 6.45) is 9.71. The van der Waals surface area contributed by atoms with Crippen LogP contribution in [-0.2, 0) is 16.1 Å². The number of nitrogens with two attached hydrogens (primary N) is 1. The molecule has 0 radical (unpaired) electrons. The number of fused-ring (bicyclic) bond motifs is 1. The van der Waals surface area contributed by atoms with Crippen LogP contribution in [0.2, 0.25) is 0 Å². The standard InChI is InChI=1S/C35H40N6O8/c1-6-8-10-23(7-2)41-35(45)33(22(3)40(41)16-9-11-25(21-42)49-32(43)19-36)34(44)39-31-13-12-24(20-38-31)48-28-14-15-37-27-18-30(47-5)29(46-4)17-26(27)28/h6-8,10,12-15,17-18,20,25,42H,1,9,11,16,19,21,36H2,2-5H3,(H,38,39,44)/b10-8-,23-7+/t25-/m0/s1. The van der Waals surface area contributed by atoms with E-state index >= 15 is 0 Å². The first-order valence-corrected chi connectivity index (χ1v) is 15.4. The summed E-state index contributed by atoms with van der Waals surface area (Å²) in [7, 11) is 3.09. The number of anilines is 1. The zero-order chi connectivity index (χ0) is 35.5. The minimum atomic E-state index is -0.752. The summed E-state index contributed by atoms with van der Waals surface area (Å²) in [4.78, 5) is 47.7. The molecule has 0 saturated carbocycles. The molecule has 0 unspecified atom stereocenters. The molecule has 0 spiro atoms. The number of aromatic nitrogens is 4. The Balaban J connectivity index is 1.57. The van der Waals surface area contributed by atoms with E-state index in [-0.39, 0.29) is 31.1 Å². The highest BCUT2D eigenvalue weighted by atomic mass is 16.6. The number of pyridine rings is 2. The fraction of sp³-hybridized carbons (Fsp3) is 0.286. The van der Waals surface area contributed by atoms with Gasteiger partial charge in [-0.15, -0.1) is 0 Å². The number of methoxy groups -OCH3 is 2. The topological polar surface area (TPSA) is 182 Å². The fourth-order valence-electron chi connectivity index (χ4n) is 5.14. The number of hydrogen-bond donors (Lipinski definition) is 3. The van der Waals surface area contributed by atoms with E-state index in [1.54, 1.807) is 93.6 Å². The van der Waals surface area contributed by atoms with E-state index in [9.17, 15) is 19.5 Å². The average molecular weight is 673 g/mol. The normalized spacial score (nSPS) is 12.2. The Kier molecular flexibility index (Phi) is 12.5. The number of aliphatic hydroxyl groups is 1. The number of carbonyl (C=O) groups excluding carboxylic acids is 2. The number of benzene rings is 1. The van der Waals surface area contributed by atoms with Crippen LogP contribution in [0.1, 0.15) is 35.8 Å². The summed E-state index contributed by atoms with van der Waals surface area (Å²) in [5.74, 6) is 0.893. The molecule has 3 aromatic heterocycles. The lowest BCUT2D eigenvalue weighted by molar-refractivity contribution is -0.149. The highest BCUT2D eigenvalue weighted by Crippen LogP contribution is 2.36. The van der Waals surface area contributed by atoms with Crippen LogP contribution in [0.3, 0.4) is 0 Å². The van der Waals surface area contributed by atoms with E-state index in [0.717, 1.165) is 0 Å². The first-order chi connectivity index (χ1) is 23.7. The highest BCUT2D eigenvalue weighted by Gasteiger charge is 2.25. The van der Waals surface area contributed by atoms with E-state index in [4.69, 9.17) is 24.7 Å². The number of carbonyl (C=O) groups is 2. The summed E-state index contributed by atoms with van der Waals surface area (Å²) in [6.45, 7) is 6.73. The van der Waals surface area contributed by atoms with Crippen LogP contribution in [0.5, 0.6) is 23.0 Å². The van der Waals surface area contributed by atoms with Gasteiger partial charge < -0.3 is 35.1 Å². The molecule has 14 heteroatoms. The van der Waals surface area contributed by atoms with Crippen molar-refractivity contribution in [3.05, 3.63) is 95.2 Å². The predicted molar refractivity (Wildman–Crippen MR) is 185 cm³/mol. The second-order valence-corrected chi connectivity index (χ2v) is 10.6. The van der Waals surface area contributed by atoms with Gasteiger partial charge in [-0.2, -0.15) is 0 Å². The summed E-state index contributed by atoms with van der Waals surface area (Å²) >= 11 is 0. The fourth-order valence-corrected chi connectivity index (χ4v) is 5.14. The van der Waals surface area contributed by atoms with Gasteiger partial charge in [0.1, 0.15) is 29.0 Å². The van der Waals surface area contributed by atoms with Crippen LogP contribution in [0.15, 0.2) is 78.4 Å². The molecule has 258 valence electrons. The monoisotopic (exact) mass is 672 g/mol. The van der Waals surface area contributed by atoms with Gasteiger partial charge in [0, 0.05) is 24.2 Å². The van der Waals surface area contributed by atoms with Crippen molar-refractivity contribution in [2.75, 3.05) is 32.7 Å². The van der Waals surface area contributed by atoms with Gasteiger partial charge in [0.25, 0.3) is 11.5 Å². The lowest BCUT2D eigenvalue weighted by Gasteiger charge is -2.17. The number of hydrogen-bond acceptors (Lipinski definition) is 11. The Morgan fingerprint density at radius 1 is 1.12 bits per heavy atom. The van der Waals surface area contributed by atoms with Gasteiger partial charge in [-0.3, -0.25) is 24.0 Å². The third kappa shape index (κ3) is 8.41. The Hall–Kier alpha value is -5.73. The van der Waals surface area contributed by atoms with Crippen LogP contribution in [0.4, 0.5) is 5.82 Å². The number of amides is 1. The number of esters is 1. The Morgan fingerprint density at radius 3 is 2.51 bits per heavy atom. The molecule has 1 atom stereocenters. The molecule has 3 heterocycles. The van der Waals surface area contributed by atoms with Crippen LogP contribution in [0, 0.1) is 6.92 Å². The van der Waals surface area contributed by atoms with Gasteiger partial charge in [0.15, 0.2) is 11.5 Å². The minimum absolute atomic E-state index is 0.0746. The number of nitrogens with zero attached hydrogens (tertiary/aromatic N) is 4. The second kappa shape index (κ2) is 16.9. The first-order valence-electron chi connectivity index (χ1n) is 15.4. The molecule has 49 heavy (non-hydrogen) atoms. The quantitative estimate of drug-likeness (QED) is 0.115. The van der Waals surface area contributed by atoms with Crippen molar-refractivity contribution in [2.45, 2.75) is 39.3 Å². The molecule has 4 rings (SSSR count). The van der Waals surface area contributed by atoms with E-state index < -0.39 is 23.5 Å². The maximum atomic E-state index is 13.8. The molecule has 1 aromatic carbocycles. The molecule has 0 bridgehead atoms. The van der Waals surface area contributed by atoms with Gasteiger partial charge in [-0.05, 0) is 57.0 Å². The van der Waals surface area contributed by atoms with E-state index in [1.807, 2.05) is 0 Å². The number of aliphatic hydroxyl groups excluding tert-OH is 1. The van der Waals surface area contributed by atoms with E-state index in [1.165, 1.54) is 10.9 Å². The molecule has 4 aromatic rings. The molecular weight excluding hydrogens is 632 g/mol. The predicted octanol–water partition coefficient (Wildman–Crippen LogP) is 4.21. The summed E-state index contributed by atoms with van der Waals surface area (Å²) in [5, 5.41) is 13.1. The third-order valence-electron chi connectivity index (χ3n) is 7.54. The number of allylic oxidation sites excluding steroid dienone is 5. The second-order valence-electron chi connectivity index (χ2n) is 10.6. The average Bonchev–Trinajstić information content (AvgIpc) is 3.36. The van der Waals surface area contributed by atoms with Crippen LogP contribution in [-0.4, -0.2) is 69.8 Å². The molecule has 0 aliphatic carbocycles. The Labute approximate surface area is 283 Å². The summed E-state index contributed by atoms with van der Waals surface area (Å²) in [6, 6.07) is 8.43. The lowest BCUT2D eigenvalue weighted by atomic mass is 10.2. The molecule has 1 amide bonds. The van der Waals surface area contributed by atoms with Crippen LogP contribution in [0.25, 0.3) is 16.6 Å². The third-order valence-corrected chi connectivity index (χ3v) is 7.54. The van der Waals surface area contributed by atoms with Gasteiger partial charge >= 0.3 is 5.97 Å². The van der Waals surface area contributed by atoms with Crippen LogP contribution >= 0.6 is 0 Å². The maximum absolute atomic E-state index is 13.8. The van der Waals surface area contributed by atoms with Gasteiger partial charge in [0.05, 0.1) is 50.5 Å². The smallest absolute Gasteiger partial charge is 0.320 e. The highest BCUT2D eigenvalue weighted by molar-refractivity contribution is 6.04. The molecule has 0 saturated heterocycles. The minimum Gasteiger partial charge on any atom is -0.493 e. The molecular formula is C35H40N6O8. The number of nitrogens with one attached hydrogen (secondary N) is 1. The Bertz CT molecular complexity index is 1930. The maximum Gasteiger partial charge on any atom is 0.320 e. The van der Waals surface area contributed by atoms with Crippen molar-refractivity contribution in [3.8, 4) is 23.0 Å². The number of ether oxygens (including phenoxy) is 4. The van der Waals surface area contributed by atoms with E-state index in [2.05, 4.69) is 21.9 Å². The number of rotatable bonds is 16. The van der Waals surface area contributed by atoms with Crippen molar-refractivity contribution in [3.63, 3.8) is 0 Å². The zero-order valence-corrected chi connectivity index (χ0v) is 27.8. The van der Waals surface area contributed by atoms with E-state index in [0.29, 0.717) is 58.1 Å². The first kappa shape index (κ1) is 36.1. The summed E-state index contributed by atoms with van der Waals surface area (Å²) in [5.41, 5.74) is 6.27. The molecule has 0 aliphatic heterocycles. The summed E-state index contributed by atoms with van der Waals surface area (Å²) < 4.78 is 25.1. The van der Waals surface area contributed by atoms with Crippen molar-refractivity contribution >= 4 is 34.3 Å². The van der Waals surface area contributed by atoms with Crippen molar-refractivity contribution in [2.24, 2.45) is 5.73 Å². The molecule has 4 N–H and O–H groups in total. The van der Waals surface area contributed by atoms with Crippen LogP contribution < -0.4 is 30.8 Å². The van der Waals surface area contributed by atoms with Crippen molar-refractivity contribution in [1.82, 2.24) is 19.3 Å². The molecule has 0 aliphatic rings. The molecule has 14 nitrogen and oxygen atoms in total. The van der Waals surface area contributed by atoms with Gasteiger partial charge in [-0.25, -0.2) is 9.67 Å². The van der Waals surface area contributed by atoms with Crippen molar-refractivity contribution < 1.29 is 33.6 Å². The Morgan fingerprint density at radius 2 is 1.88 bits per heavy atom. The van der Waals surface area contributed by atoms with Gasteiger partial charge in [0.2, 0.25) is 0 Å². The SMILES string of the molecule is C=C/C=C\C(=C/C)n1c(=O)c(C(=O)Nc2ccc(Oc3ccnc4cc(OC)c(OC)cc34)cn2)c(C)n1CCC[C@@H](CO)OC(=O)CN.